The van der Waals surface area contributed by atoms with Crippen LogP contribution in [0, 0.1) is 0 Å². The third-order valence-electron chi connectivity index (χ3n) is 2.21. The van der Waals surface area contributed by atoms with Crippen LogP contribution in [0.5, 0.6) is 5.75 Å². The SMILES string of the molecule is C=C(Cl)COc1ccc2ccccc2c1Br. The second-order valence-corrected chi connectivity index (χ2v) is 4.73. The molecular weight excluding hydrogens is 287 g/mol. The van der Waals surface area contributed by atoms with Crippen molar-refractivity contribution in [3.63, 3.8) is 0 Å². The summed E-state index contributed by atoms with van der Waals surface area (Å²) in [6, 6.07) is 12.1. The average Bonchev–Trinajstić information content (AvgIpc) is 2.28. The van der Waals surface area contributed by atoms with Gasteiger partial charge in [0.1, 0.15) is 12.4 Å². The summed E-state index contributed by atoms with van der Waals surface area (Å²) in [5, 5.41) is 2.78. The molecule has 0 atom stereocenters. The van der Waals surface area contributed by atoms with Gasteiger partial charge in [0.05, 0.1) is 4.47 Å². The van der Waals surface area contributed by atoms with Crippen molar-refractivity contribution in [2.24, 2.45) is 0 Å². The van der Waals surface area contributed by atoms with Crippen molar-refractivity contribution in [3.8, 4) is 5.75 Å². The van der Waals surface area contributed by atoms with E-state index in [2.05, 4.69) is 28.6 Å². The fraction of sp³-hybridized carbons (Fsp3) is 0.0769. The quantitative estimate of drug-likeness (QED) is 0.795. The lowest BCUT2D eigenvalue weighted by atomic mass is 10.1. The Morgan fingerprint density at radius 2 is 2.00 bits per heavy atom. The van der Waals surface area contributed by atoms with E-state index in [1.807, 2.05) is 30.3 Å². The number of hydrogen-bond acceptors (Lipinski definition) is 1. The number of benzene rings is 2. The molecule has 0 fully saturated rings. The highest BCUT2D eigenvalue weighted by Gasteiger charge is 2.05. The Kier molecular flexibility index (Phi) is 3.52. The summed E-state index contributed by atoms with van der Waals surface area (Å²) in [6.45, 7) is 3.91. The summed E-state index contributed by atoms with van der Waals surface area (Å²) in [5.74, 6) is 0.778. The molecule has 0 aliphatic heterocycles. The van der Waals surface area contributed by atoms with E-state index in [1.165, 1.54) is 5.39 Å². The third kappa shape index (κ3) is 2.39. The molecule has 0 amide bonds. The van der Waals surface area contributed by atoms with Gasteiger partial charge in [0, 0.05) is 5.03 Å². The van der Waals surface area contributed by atoms with Gasteiger partial charge in [-0.05, 0) is 32.8 Å². The van der Waals surface area contributed by atoms with Crippen molar-refractivity contribution in [1.82, 2.24) is 0 Å². The smallest absolute Gasteiger partial charge is 0.134 e. The van der Waals surface area contributed by atoms with Gasteiger partial charge in [0.2, 0.25) is 0 Å². The summed E-state index contributed by atoms with van der Waals surface area (Å²) in [7, 11) is 0. The van der Waals surface area contributed by atoms with Crippen molar-refractivity contribution < 1.29 is 4.74 Å². The van der Waals surface area contributed by atoms with Crippen LogP contribution in [0.15, 0.2) is 52.5 Å². The van der Waals surface area contributed by atoms with Crippen LogP contribution in [0.1, 0.15) is 0 Å². The van der Waals surface area contributed by atoms with Crippen LogP contribution in [-0.4, -0.2) is 6.61 Å². The summed E-state index contributed by atoms with van der Waals surface area (Å²) >= 11 is 9.20. The summed E-state index contributed by atoms with van der Waals surface area (Å²) in [4.78, 5) is 0. The molecule has 2 aromatic carbocycles. The summed E-state index contributed by atoms with van der Waals surface area (Å²) in [5.41, 5.74) is 0. The van der Waals surface area contributed by atoms with Crippen LogP contribution in [0.4, 0.5) is 0 Å². The van der Waals surface area contributed by atoms with Gasteiger partial charge in [-0.15, -0.1) is 0 Å². The minimum Gasteiger partial charge on any atom is -0.487 e. The Bertz CT molecular complexity index is 536. The Balaban J connectivity index is 2.40. The molecule has 0 spiro atoms. The molecule has 2 rings (SSSR count). The molecule has 0 saturated heterocycles. The van der Waals surface area contributed by atoms with Gasteiger partial charge in [-0.3, -0.25) is 0 Å². The van der Waals surface area contributed by atoms with E-state index in [-0.39, 0.29) is 0 Å². The van der Waals surface area contributed by atoms with Gasteiger partial charge in [0.25, 0.3) is 0 Å². The second kappa shape index (κ2) is 4.89. The Morgan fingerprint density at radius 1 is 1.25 bits per heavy atom. The van der Waals surface area contributed by atoms with Crippen molar-refractivity contribution >= 4 is 38.3 Å². The van der Waals surface area contributed by atoms with E-state index in [4.69, 9.17) is 16.3 Å². The zero-order valence-corrected chi connectivity index (χ0v) is 10.9. The van der Waals surface area contributed by atoms with Crippen LogP contribution in [-0.2, 0) is 0 Å². The maximum Gasteiger partial charge on any atom is 0.134 e. The largest absolute Gasteiger partial charge is 0.487 e. The number of halogens is 2. The Labute approximate surface area is 108 Å². The van der Waals surface area contributed by atoms with Gasteiger partial charge in [-0.1, -0.05) is 48.5 Å². The van der Waals surface area contributed by atoms with Crippen LogP contribution in [0.2, 0.25) is 0 Å². The molecule has 82 valence electrons. The van der Waals surface area contributed by atoms with Crippen molar-refractivity contribution in [1.29, 1.82) is 0 Å². The molecule has 0 aliphatic rings. The third-order valence-corrected chi connectivity index (χ3v) is 3.14. The first kappa shape index (κ1) is 11.5. The molecule has 0 saturated carbocycles. The van der Waals surface area contributed by atoms with Gasteiger partial charge < -0.3 is 4.74 Å². The van der Waals surface area contributed by atoms with Gasteiger partial charge in [-0.25, -0.2) is 0 Å². The summed E-state index contributed by atoms with van der Waals surface area (Å²) < 4.78 is 6.48. The lowest BCUT2D eigenvalue weighted by molar-refractivity contribution is 0.358. The maximum atomic E-state index is 5.66. The fourth-order valence-electron chi connectivity index (χ4n) is 1.48. The van der Waals surface area contributed by atoms with Gasteiger partial charge in [0.15, 0.2) is 0 Å². The minimum atomic E-state index is 0.318. The van der Waals surface area contributed by atoms with E-state index in [0.717, 1.165) is 15.6 Å². The predicted octanol–water partition coefficient (Wildman–Crippen LogP) is 4.73. The molecule has 0 unspecified atom stereocenters. The van der Waals surface area contributed by atoms with E-state index < -0.39 is 0 Å². The highest BCUT2D eigenvalue weighted by molar-refractivity contribution is 9.10. The van der Waals surface area contributed by atoms with E-state index in [1.54, 1.807) is 0 Å². The van der Waals surface area contributed by atoms with Crippen LogP contribution >= 0.6 is 27.5 Å². The molecule has 2 aromatic rings. The predicted molar refractivity (Wildman–Crippen MR) is 72.1 cm³/mol. The van der Waals surface area contributed by atoms with Crippen molar-refractivity contribution in [2.45, 2.75) is 0 Å². The number of ether oxygens (including phenoxy) is 1. The van der Waals surface area contributed by atoms with Crippen LogP contribution in [0.25, 0.3) is 10.8 Å². The van der Waals surface area contributed by atoms with Crippen LogP contribution < -0.4 is 4.74 Å². The zero-order chi connectivity index (χ0) is 11.5. The molecule has 0 radical (unpaired) electrons. The lowest BCUT2D eigenvalue weighted by Crippen LogP contribution is -1.97. The monoisotopic (exact) mass is 296 g/mol. The first-order valence-electron chi connectivity index (χ1n) is 4.82. The van der Waals surface area contributed by atoms with E-state index >= 15 is 0 Å². The molecular formula is C13H10BrClO. The van der Waals surface area contributed by atoms with Crippen molar-refractivity contribution in [3.05, 3.63) is 52.5 Å². The van der Waals surface area contributed by atoms with Crippen LogP contribution in [0.3, 0.4) is 0 Å². The maximum absolute atomic E-state index is 5.66. The normalized spacial score (nSPS) is 10.4. The average molecular weight is 298 g/mol. The molecule has 3 heteroatoms. The standard InChI is InChI=1S/C13H10BrClO/c1-9(15)8-16-12-7-6-10-4-2-3-5-11(10)13(12)14/h2-7H,1,8H2. The molecule has 0 N–H and O–H groups in total. The molecule has 0 aliphatic carbocycles. The first-order chi connectivity index (χ1) is 7.68. The zero-order valence-electron chi connectivity index (χ0n) is 8.54. The van der Waals surface area contributed by atoms with Crippen molar-refractivity contribution in [2.75, 3.05) is 6.61 Å². The van der Waals surface area contributed by atoms with E-state index in [0.29, 0.717) is 11.6 Å². The molecule has 0 heterocycles. The highest BCUT2D eigenvalue weighted by atomic mass is 79.9. The highest BCUT2D eigenvalue weighted by Crippen LogP contribution is 2.33. The second-order valence-electron chi connectivity index (χ2n) is 3.40. The number of hydrogen-bond donors (Lipinski definition) is 0. The molecule has 0 aromatic heterocycles. The molecule has 16 heavy (non-hydrogen) atoms. The Hall–Kier alpha value is -0.990. The molecule has 1 nitrogen and oxygen atoms in total. The first-order valence-corrected chi connectivity index (χ1v) is 5.99. The Morgan fingerprint density at radius 3 is 2.75 bits per heavy atom. The number of rotatable bonds is 3. The lowest BCUT2D eigenvalue weighted by Gasteiger charge is -2.09. The molecule has 0 bridgehead atoms. The fourth-order valence-corrected chi connectivity index (χ4v) is 2.14. The van der Waals surface area contributed by atoms with E-state index in [9.17, 15) is 0 Å². The topological polar surface area (TPSA) is 9.23 Å². The van der Waals surface area contributed by atoms with Gasteiger partial charge >= 0.3 is 0 Å². The minimum absolute atomic E-state index is 0.318. The van der Waals surface area contributed by atoms with Gasteiger partial charge in [-0.2, -0.15) is 0 Å². The number of fused-ring (bicyclic) bond motifs is 1. The summed E-state index contributed by atoms with van der Waals surface area (Å²) in [6.07, 6.45) is 0.